The molecule has 202 valence electrons. The van der Waals surface area contributed by atoms with Gasteiger partial charge in [-0.05, 0) is 32.1 Å². The van der Waals surface area contributed by atoms with Crippen LogP contribution in [-0.2, 0) is 4.57 Å². The van der Waals surface area contributed by atoms with E-state index in [1.165, 1.54) is 122 Å². The molecule has 0 aliphatic rings. The third-order valence-corrected chi connectivity index (χ3v) is 9.56. The number of allylic oxidation sites excluding steroid dienone is 2. The summed E-state index contributed by atoms with van der Waals surface area (Å²) in [5.41, 5.74) is 0. The Morgan fingerprint density at radius 1 is 0.618 bits per heavy atom. The molecule has 0 saturated carbocycles. The predicted molar refractivity (Wildman–Crippen MR) is 150 cm³/mol. The normalized spacial score (nSPS) is 14.6. The summed E-state index contributed by atoms with van der Waals surface area (Å²) in [5, 5.41) is -0.597. The molecule has 0 radical (unpaired) electrons. The minimum absolute atomic E-state index is 0.513. The molecular weight excluding hydrogens is 437 g/mol. The molecule has 0 aromatic carbocycles. The van der Waals surface area contributed by atoms with Crippen LogP contribution in [0.1, 0.15) is 155 Å². The molecule has 0 aromatic heterocycles. The van der Waals surface area contributed by atoms with Crippen LogP contribution >= 0.6 is 8.03 Å². The van der Waals surface area contributed by atoms with Crippen molar-refractivity contribution in [2.24, 2.45) is 0 Å². The van der Waals surface area contributed by atoms with Gasteiger partial charge in [-0.25, -0.2) is 0 Å². The second-order valence-corrected chi connectivity index (χ2v) is 12.8. The number of quaternary nitrogens is 1. The highest BCUT2D eigenvalue weighted by atomic mass is 31.1. The summed E-state index contributed by atoms with van der Waals surface area (Å²) in [7, 11) is 3.64. The molecule has 0 aromatic rings. The maximum Gasteiger partial charge on any atom is 0.376 e. The van der Waals surface area contributed by atoms with E-state index in [-0.39, 0.29) is 0 Å². The van der Waals surface area contributed by atoms with Crippen LogP contribution in [0.25, 0.3) is 0 Å². The first kappa shape index (κ1) is 33.8. The maximum absolute atomic E-state index is 12.0. The summed E-state index contributed by atoms with van der Waals surface area (Å²) in [4.78, 5) is 12.0. The van der Waals surface area contributed by atoms with Gasteiger partial charge >= 0.3 is 8.03 Å². The van der Waals surface area contributed by atoms with Crippen molar-refractivity contribution in [1.29, 1.82) is 0 Å². The molecule has 0 saturated heterocycles. The van der Waals surface area contributed by atoms with Gasteiger partial charge in [0.2, 0.25) is 0 Å². The van der Waals surface area contributed by atoms with Crippen LogP contribution in [0.4, 0.5) is 0 Å². The third kappa shape index (κ3) is 16.4. The first-order chi connectivity index (χ1) is 16.3. The Labute approximate surface area is 215 Å². The zero-order chi connectivity index (χ0) is 25.5. The maximum atomic E-state index is 12.0. The highest BCUT2D eigenvalue weighted by molar-refractivity contribution is 7.38. The monoisotopic (exact) mass is 498 g/mol. The molecule has 0 rings (SSSR count). The lowest BCUT2D eigenvalue weighted by Gasteiger charge is -2.39. The summed E-state index contributed by atoms with van der Waals surface area (Å²) in [6, 6.07) is 0. The number of nitrogens with zero attached hydrogens (tertiary/aromatic N) is 1. The van der Waals surface area contributed by atoms with E-state index in [1.54, 1.807) is 0 Å². The SMILES string of the molecule is CCCCCCC=CCCCCCCCCCCCCCCCCC(CC)([P+](=O)[O-])[N+](C)(C)C. The molecule has 0 aliphatic carbocycles. The van der Waals surface area contributed by atoms with Crippen molar-refractivity contribution in [2.45, 2.75) is 160 Å². The Hall–Kier alpha value is -0.240. The van der Waals surface area contributed by atoms with Gasteiger partial charge in [0.1, 0.15) is 0 Å². The third-order valence-electron chi connectivity index (χ3n) is 7.74. The van der Waals surface area contributed by atoms with Gasteiger partial charge in [0.25, 0.3) is 5.28 Å². The molecular formula is C30H61NO2P+. The summed E-state index contributed by atoms with van der Waals surface area (Å²) in [5.74, 6) is 0. The standard InChI is InChI=1S/C30H61NO2P/c1-6-8-9-10-11-12-13-14-15-16-17-18-19-20-21-22-23-24-25-26-27-28-29-30(7-2,34(32)33)31(3,4)5/h12-13H,6-11,14-29H2,1-5H3/q+1. The molecule has 0 amide bonds. The minimum atomic E-state index is -2.41. The molecule has 0 bridgehead atoms. The van der Waals surface area contributed by atoms with Gasteiger partial charge in [-0.2, -0.15) is 0 Å². The van der Waals surface area contributed by atoms with Gasteiger partial charge in [0, 0.05) is 12.8 Å². The fourth-order valence-electron chi connectivity index (χ4n) is 5.17. The molecule has 3 nitrogen and oxygen atoms in total. The minimum Gasteiger partial charge on any atom is -0.590 e. The fourth-order valence-corrected chi connectivity index (χ4v) is 6.26. The number of hydrogen-bond acceptors (Lipinski definition) is 2. The highest BCUT2D eigenvalue weighted by Gasteiger charge is 2.52. The van der Waals surface area contributed by atoms with Crippen LogP contribution < -0.4 is 4.89 Å². The van der Waals surface area contributed by atoms with Crippen molar-refractivity contribution >= 4 is 8.03 Å². The fraction of sp³-hybridized carbons (Fsp3) is 0.933. The van der Waals surface area contributed by atoms with E-state index >= 15 is 0 Å². The van der Waals surface area contributed by atoms with Crippen LogP contribution in [0, 0.1) is 0 Å². The van der Waals surface area contributed by atoms with Gasteiger partial charge in [0.15, 0.2) is 0 Å². The van der Waals surface area contributed by atoms with Gasteiger partial charge in [0.05, 0.1) is 21.1 Å². The van der Waals surface area contributed by atoms with E-state index in [1.807, 2.05) is 28.1 Å². The van der Waals surface area contributed by atoms with E-state index in [0.29, 0.717) is 10.9 Å². The van der Waals surface area contributed by atoms with E-state index in [4.69, 9.17) is 0 Å². The average Bonchev–Trinajstić information content (AvgIpc) is 2.78. The molecule has 2 unspecified atom stereocenters. The topological polar surface area (TPSA) is 40.1 Å². The lowest BCUT2D eigenvalue weighted by atomic mass is 10.0. The summed E-state index contributed by atoms with van der Waals surface area (Å²) < 4.78 is 12.5. The van der Waals surface area contributed by atoms with Crippen LogP contribution in [0.15, 0.2) is 12.2 Å². The molecule has 0 heterocycles. The Morgan fingerprint density at radius 3 is 1.29 bits per heavy atom. The Balaban J connectivity index is 3.44. The van der Waals surface area contributed by atoms with Gasteiger partial charge in [-0.1, -0.05) is 127 Å². The van der Waals surface area contributed by atoms with Crippen molar-refractivity contribution in [3.63, 3.8) is 0 Å². The van der Waals surface area contributed by atoms with Crippen LogP contribution in [0.3, 0.4) is 0 Å². The zero-order valence-electron chi connectivity index (χ0n) is 23.9. The molecule has 34 heavy (non-hydrogen) atoms. The van der Waals surface area contributed by atoms with Crippen molar-refractivity contribution in [3.05, 3.63) is 12.2 Å². The molecule has 0 N–H and O–H groups in total. The molecule has 4 heteroatoms. The Kier molecular flexibility index (Phi) is 21.8. The first-order valence-electron chi connectivity index (χ1n) is 14.9. The summed E-state index contributed by atoms with van der Waals surface area (Å²) in [6.45, 7) is 4.29. The molecule has 0 spiro atoms. The average molecular weight is 499 g/mol. The lowest BCUT2D eigenvalue weighted by molar-refractivity contribution is -0.910. The summed E-state index contributed by atoms with van der Waals surface area (Å²) >= 11 is 0. The van der Waals surface area contributed by atoms with Gasteiger partial charge in [-0.15, -0.1) is 0 Å². The largest absolute Gasteiger partial charge is 0.590 e. The van der Waals surface area contributed by atoms with Crippen molar-refractivity contribution < 1.29 is 13.9 Å². The molecule has 0 fully saturated rings. The van der Waals surface area contributed by atoms with E-state index in [2.05, 4.69) is 19.1 Å². The molecule has 0 aliphatic heterocycles. The number of unbranched alkanes of at least 4 members (excludes halogenated alkanes) is 18. The van der Waals surface area contributed by atoms with Crippen LogP contribution in [0.2, 0.25) is 0 Å². The molecule has 2 atom stereocenters. The zero-order valence-corrected chi connectivity index (χ0v) is 24.8. The number of rotatable bonds is 25. The van der Waals surface area contributed by atoms with Crippen molar-refractivity contribution in [2.75, 3.05) is 21.1 Å². The Bertz CT molecular complexity index is 501. The van der Waals surface area contributed by atoms with E-state index in [0.717, 1.165) is 12.8 Å². The lowest BCUT2D eigenvalue weighted by Crippen LogP contribution is -2.55. The second-order valence-electron chi connectivity index (χ2n) is 11.4. The predicted octanol–water partition coefficient (Wildman–Crippen LogP) is 9.67. The highest BCUT2D eigenvalue weighted by Crippen LogP contribution is 2.44. The first-order valence-corrected chi connectivity index (χ1v) is 16.1. The Morgan fingerprint density at radius 2 is 0.971 bits per heavy atom. The van der Waals surface area contributed by atoms with Crippen molar-refractivity contribution in [1.82, 2.24) is 0 Å². The summed E-state index contributed by atoms with van der Waals surface area (Å²) in [6.07, 6.45) is 33.0. The van der Waals surface area contributed by atoms with Gasteiger partial charge in [-0.3, -0.25) is 4.48 Å². The smallest absolute Gasteiger partial charge is 0.376 e. The number of hydrogen-bond donors (Lipinski definition) is 0. The van der Waals surface area contributed by atoms with Crippen LogP contribution in [-0.4, -0.2) is 30.9 Å². The quantitative estimate of drug-likeness (QED) is 0.0544. The van der Waals surface area contributed by atoms with Crippen molar-refractivity contribution in [3.8, 4) is 0 Å². The van der Waals surface area contributed by atoms with Crippen LogP contribution in [0.5, 0.6) is 0 Å². The second kappa shape index (κ2) is 22.0. The van der Waals surface area contributed by atoms with E-state index in [9.17, 15) is 9.46 Å². The van der Waals surface area contributed by atoms with Gasteiger partial charge < -0.3 is 4.89 Å². The van der Waals surface area contributed by atoms with E-state index < -0.39 is 13.3 Å².